The lowest BCUT2D eigenvalue weighted by Crippen LogP contribution is -2.47. The Hall–Kier alpha value is -2.08. The van der Waals surface area contributed by atoms with E-state index in [-0.39, 0.29) is 6.04 Å². The Morgan fingerprint density at radius 3 is 2.47 bits per heavy atom. The van der Waals surface area contributed by atoms with E-state index in [1.807, 2.05) is 36.5 Å². The number of urea groups is 1. The fourth-order valence-corrected chi connectivity index (χ4v) is 1.79. The first-order chi connectivity index (χ1) is 8.95. The first-order valence-electron chi connectivity index (χ1n) is 5.95. The number of para-hydroxylation sites is 1. The molecule has 0 saturated carbocycles. The number of hydrogen-bond donors (Lipinski definition) is 3. The highest BCUT2D eigenvalue weighted by atomic mass is 16.5. The summed E-state index contributed by atoms with van der Waals surface area (Å²) in [6, 6.07) is 6.01. The van der Waals surface area contributed by atoms with Gasteiger partial charge >= 0.3 is 6.03 Å². The number of ether oxygens (including phenoxy) is 1. The highest BCUT2D eigenvalue weighted by Gasteiger charge is 2.18. The van der Waals surface area contributed by atoms with Crippen molar-refractivity contribution in [3.63, 3.8) is 0 Å². The van der Waals surface area contributed by atoms with Crippen LogP contribution in [0.15, 0.2) is 24.3 Å². The van der Waals surface area contributed by atoms with Crippen molar-refractivity contribution in [2.45, 2.75) is 25.9 Å². The second-order valence-electron chi connectivity index (χ2n) is 4.21. The number of amides is 3. The molecule has 19 heavy (non-hydrogen) atoms. The summed E-state index contributed by atoms with van der Waals surface area (Å²) < 4.78 is 5.26. The summed E-state index contributed by atoms with van der Waals surface area (Å²) in [5, 5.41) is 5.11. The van der Waals surface area contributed by atoms with Gasteiger partial charge in [-0.2, -0.15) is 0 Å². The monoisotopic (exact) mass is 265 g/mol. The van der Waals surface area contributed by atoms with Gasteiger partial charge in [0, 0.05) is 11.6 Å². The van der Waals surface area contributed by atoms with E-state index in [0.29, 0.717) is 0 Å². The number of nitrogens with one attached hydrogen (secondary N) is 2. The minimum Gasteiger partial charge on any atom is -0.496 e. The standard InChI is InChI=1S/C13H19N3O3/c1-8(10-6-4-5-7-11(10)19-3)15-9(2)12(17)16-13(14)18/h4-9,15H,1-3H3,(H3,14,16,17,18)/t8-,9?/m1/s1. The minimum atomic E-state index is -0.858. The van der Waals surface area contributed by atoms with Crippen LogP contribution in [0, 0.1) is 0 Å². The summed E-state index contributed by atoms with van der Waals surface area (Å²) in [6.45, 7) is 3.57. The molecular formula is C13H19N3O3. The Morgan fingerprint density at radius 2 is 1.89 bits per heavy atom. The molecule has 0 radical (unpaired) electrons. The number of imide groups is 1. The molecule has 0 heterocycles. The molecule has 1 aromatic carbocycles. The summed E-state index contributed by atoms with van der Waals surface area (Å²) in [5.74, 6) is 0.277. The summed E-state index contributed by atoms with van der Waals surface area (Å²) in [4.78, 5) is 22.2. The second-order valence-corrected chi connectivity index (χ2v) is 4.21. The van der Waals surface area contributed by atoms with E-state index in [4.69, 9.17) is 10.5 Å². The smallest absolute Gasteiger partial charge is 0.318 e. The predicted molar refractivity (Wildman–Crippen MR) is 71.7 cm³/mol. The molecule has 6 nitrogen and oxygen atoms in total. The van der Waals surface area contributed by atoms with E-state index in [1.165, 1.54) is 0 Å². The second kappa shape index (κ2) is 6.75. The Labute approximate surface area is 112 Å². The molecule has 0 aliphatic rings. The van der Waals surface area contributed by atoms with Crippen LogP contribution >= 0.6 is 0 Å². The van der Waals surface area contributed by atoms with Gasteiger partial charge < -0.3 is 10.5 Å². The zero-order valence-electron chi connectivity index (χ0n) is 11.3. The first-order valence-corrected chi connectivity index (χ1v) is 5.95. The maximum Gasteiger partial charge on any atom is 0.318 e. The zero-order chi connectivity index (χ0) is 14.4. The molecule has 0 spiro atoms. The molecule has 0 fully saturated rings. The van der Waals surface area contributed by atoms with Gasteiger partial charge in [0.2, 0.25) is 5.91 Å². The predicted octanol–water partition coefficient (Wildman–Crippen LogP) is 0.929. The van der Waals surface area contributed by atoms with Gasteiger partial charge in [0.05, 0.1) is 13.2 Å². The van der Waals surface area contributed by atoms with Gasteiger partial charge in [-0.05, 0) is 19.9 Å². The van der Waals surface area contributed by atoms with Gasteiger partial charge in [0.15, 0.2) is 0 Å². The lowest BCUT2D eigenvalue weighted by Gasteiger charge is -2.21. The highest BCUT2D eigenvalue weighted by Crippen LogP contribution is 2.24. The summed E-state index contributed by atoms with van der Waals surface area (Å²) in [7, 11) is 1.59. The molecule has 104 valence electrons. The molecule has 0 aromatic heterocycles. The molecule has 4 N–H and O–H groups in total. The van der Waals surface area contributed by atoms with Crippen molar-refractivity contribution in [3.8, 4) is 5.75 Å². The number of methoxy groups -OCH3 is 1. The first kappa shape index (κ1) is 15.0. The van der Waals surface area contributed by atoms with Crippen molar-refractivity contribution < 1.29 is 14.3 Å². The molecule has 6 heteroatoms. The maximum absolute atomic E-state index is 11.6. The lowest BCUT2D eigenvalue weighted by molar-refractivity contribution is -0.121. The van der Waals surface area contributed by atoms with Gasteiger partial charge in [-0.3, -0.25) is 15.4 Å². The third-order valence-electron chi connectivity index (χ3n) is 2.75. The molecular weight excluding hydrogens is 246 g/mol. The molecule has 3 amide bonds. The minimum absolute atomic E-state index is 0.107. The van der Waals surface area contributed by atoms with E-state index in [1.54, 1.807) is 14.0 Å². The average molecular weight is 265 g/mol. The van der Waals surface area contributed by atoms with E-state index >= 15 is 0 Å². The largest absolute Gasteiger partial charge is 0.496 e. The van der Waals surface area contributed by atoms with E-state index < -0.39 is 18.0 Å². The normalized spacial score (nSPS) is 13.4. The molecule has 0 bridgehead atoms. The highest BCUT2D eigenvalue weighted by molar-refractivity contribution is 5.96. The quantitative estimate of drug-likeness (QED) is 0.738. The third-order valence-corrected chi connectivity index (χ3v) is 2.75. The van der Waals surface area contributed by atoms with E-state index in [2.05, 4.69) is 5.32 Å². The summed E-state index contributed by atoms with van der Waals surface area (Å²) in [5.41, 5.74) is 5.83. The number of benzene rings is 1. The van der Waals surface area contributed by atoms with Crippen molar-refractivity contribution in [2.24, 2.45) is 5.73 Å². The molecule has 1 aromatic rings. The molecule has 0 aliphatic carbocycles. The van der Waals surface area contributed by atoms with Gasteiger partial charge in [0.1, 0.15) is 5.75 Å². The SMILES string of the molecule is COc1ccccc1[C@@H](C)NC(C)C(=O)NC(N)=O. The molecule has 0 aliphatic heterocycles. The van der Waals surface area contributed by atoms with Crippen LogP contribution < -0.4 is 21.1 Å². The zero-order valence-corrected chi connectivity index (χ0v) is 11.3. The third kappa shape index (κ3) is 4.26. The Balaban J connectivity index is 2.71. The van der Waals surface area contributed by atoms with Crippen LogP contribution in [-0.2, 0) is 4.79 Å². The van der Waals surface area contributed by atoms with Crippen molar-refractivity contribution in [3.05, 3.63) is 29.8 Å². The molecule has 1 unspecified atom stereocenters. The van der Waals surface area contributed by atoms with Crippen LogP contribution in [0.5, 0.6) is 5.75 Å². The fraction of sp³-hybridized carbons (Fsp3) is 0.385. The van der Waals surface area contributed by atoms with Crippen molar-refractivity contribution in [2.75, 3.05) is 7.11 Å². The van der Waals surface area contributed by atoms with Crippen molar-refractivity contribution in [1.29, 1.82) is 0 Å². The number of hydrogen-bond acceptors (Lipinski definition) is 4. The molecule has 2 atom stereocenters. The van der Waals surface area contributed by atoms with Gasteiger partial charge in [-0.15, -0.1) is 0 Å². The van der Waals surface area contributed by atoms with Crippen LogP contribution in [0.4, 0.5) is 4.79 Å². The van der Waals surface area contributed by atoms with Crippen molar-refractivity contribution >= 4 is 11.9 Å². The lowest BCUT2D eigenvalue weighted by atomic mass is 10.1. The maximum atomic E-state index is 11.6. The Kier molecular flexibility index (Phi) is 5.32. The Morgan fingerprint density at radius 1 is 1.26 bits per heavy atom. The average Bonchev–Trinajstić information content (AvgIpc) is 2.37. The number of carbonyl (C=O) groups is 2. The van der Waals surface area contributed by atoms with Crippen LogP contribution in [0.25, 0.3) is 0 Å². The van der Waals surface area contributed by atoms with Gasteiger partial charge in [-0.25, -0.2) is 4.79 Å². The van der Waals surface area contributed by atoms with Crippen LogP contribution in [0.2, 0.25) is 0 Å². The summed E-state index contributed by atoms with van der Waals surface area (Å²) in [6.07, 6.45) is 0. The number of nitrogens with two attached hydrogens (primary N) is 1. The van der Waals surface area contributed by atoms with Crippen molar-refractivity contribution in [1.82, 2.24) is 10.6 Å². The van der Waals surface area contributed by atoms with Crippen LogP contribution in [-0.4, -0.2) is 25.1 Å². The molecule has 1 rings (SSSR count). The summed E-state index contributed by atoms with van der Waals surface area (Å²) >= 11 is 0. The van der Waals surface area contributed by atoms with Crippen LogP contribution in [0.3, 0.4) is 0 Å². The topological polar surface area (TPSA) is 93.4 Å². The molecule has 0 saturated heterocycles. The Bertz CT molecular complexity index is 462. The van der Waals surface area contributed by atoms with Gasteiger partial charge in [0.25, 0.3) is 0 Å². The number of rotatable bonds is 5. The van der Waals surface area contributed by atoms with Gasteiger partial charge in [-0.1, -0.05) is 18.2 Å². The van der Waals surface area contributed by atoms with E-state index in [9.17, 15) is 9.59 Å². The van der Waals surface area contributed by atoms with Crippen LogP contribution in [0.1, 0.15) is 25.5 Å². The number of carbonyl (C=O) groups excluding carboxylic acids is 2. The fourth-order valence-electron chi connectivity index (χ4n) is 1.79. The number of primary amides is 1. The van der Waals surface area contributed by atoms with E-state index in [0.717, 1.165) is 11.3 Å².